The van der Waals surface area contributed by atoms with Crippen LogP contribution in [0, 0.1) is 0 Å². The predicted molar refractivity (Wildman–Crippen MR) is 59.3 cm³/mol. The van der Waals surface area contributed by atoms with Crippen molar-refractivity contribution in [1.29, 1.82) is 0 Å². The number of benzene rings is 1. The van der Waals surface area contributed by atoms with E-state index in [4.69, 9.17) is 39.5 Å². The number of methoxy groups -OCH3 is 1. The molecule has 1 aromatic rings. The Kier molecular flexibility index (Phi) is 5.97. The highest BCUT2D eigenvalue weighted by molar-refractivity contribution is 6.40. The normalized spacial score (nSPS) is 8.62. The molecule has 0 fully saturated rings. The highest BCUT2D eigenvalue weighted by Crippen LogP contribution is 2.35. The lowest BCUT2D eigenvalue weighted by molar-refractivity contribution is 0.415. The molecule has 13 heavy (non-hydrogen) atoms. The molecule has 0 N–H and O–H groups in total. The second-order valence-electron chi connectivity index (χ2n) is 1.90. The number of rotatable bonds is 1. The first-order valence-corrected chi connectivity index (χ1v) is 4.47. The van der Waals surface area contributed by atoms with Crippen molar-refractivity contribution in [2.45, 2.75) is 0 Å². The van der Waals surface area contributed by atoms with Crippen LogP contribution < -0.4 is 4.74 Å². The first kappa shape index (κ1) is 12.6. The molecule has 0 aliphatic heterocycles. The summed E-state index contributed by atoms with van der Waals surface area (Å²) in [7, 11) is 1.50. The van der Waals surface area contributed by atoms with Gasteiger partial charge in [0, 0.05) is 5.02 Å². The Bertz CT molecular complexity index is 263. The van der Waals surface area contributed by atoms with E-state index in [-0.39, 0.29) is 0 Å². The van der Waals surface area contributed by atoms with Crippen molar-refractivity contribution in [1.82, 2.24) is 0 Å². The van der Waals surface area contributed by atoms with Gasteiger partial charge in [-0.05, 0) is 12.1 Å². The average molecular weight is 240 g/mol. The van der Waals surface area contributed by atoms with Crippen LogP contribution in [0.4, 0.5) is 0 Å². The van der Waals surface area contributed by atoms with Gasteiger partial charge in [-0.3, -0.25) is 0 Å². The highest BCUT2D eigenvalue weighted by atomic mass is 35.5. The minimum absolute atomic E-state index is 0.421. The van der Waals surface area contributed by atoms with Gasteiger partial charge in [-0.15, -0.1) is 13.2 Å². The topological polar surface area (TPSA) is 9.23 Å². The summed E-state index contributed by atoms with van der Waals surface area (Å²) in [5, 5.41) is 1.34. The van der Waals surface area contributed by atoms with Gasteiger partial charge in [0.1, 0.15) is 0 Å². The van der Waals surface area contributed by atoms with Crippen molar-refractivity contribution in [2.75, 3.05) is 7.11 Å². The van der Waals surface area contributed by atoms with E-state index >= 15 is 0 Å². The molecule has 0 amide bonds. The fraction of sp³-hybridized carbons (Fsp3) is 0.111. The van der Waals surface area contributed by atoms with Gasteiger partial charge in [0.2, 0.25) is 0 Å². The van der Waals surface area contributed by atoms with Gasteiger partial charge in [-0.1, -0.05) is 34.8 Å². The van der Waals surface area contributed by atoms with E-state index in [2.05, 4.69) is 13.2 Å². The lowest BCUT2D eigenvalue weighted by atomic mass is 10.3. The fourth-order valence-corrected chi connectivity index (χ4v) is 1.70. The molecule has 4 heteroatoms. The maximum absolute atomic E-state index is 5.74. The Morgan fingerprint density at radius 2 is 1.46 bits per heavy atom. The molecular weight excluding hydrogens is 230 g/mol. The van der Waals surface area contributed by atoms with E-state index in [0.717, 1.165) is 0 Å². The van der Waals surface area contributed by atoms with Gasteiger partial charge in [-0.25, -0.2) is 0 Å². The van der Waals surface area contributed by atoms with Crippen LogP contribution in [0.5, 0.6) is 5.75 Å². The zero-order valence-corrected chi connectivity index (χ0v) is 9.38. The Balaban J connectivity index is 0.000000671. The van der Waals surface area contributed by atoms with Crippen molar-refractivity contribution < 1.29 is 4.74 Å². The van der Waals surface area contributed by atoms with Crippen molar-refractivity contribution in [3.8, 4) is 5.75 Å². The molecule has 0 spiro atoms. The Labute approximate surface area is 92.9 Å². The summed E-state index contributed by atoms with van der Waals surface area (Å²) < 4.78 is 4.91. The Morgan fingerprint density at radius 3 is 1.77 bits per heavy atom. The lowest BCUT2D eigenvalue weighted by Gasteiger charge is -2.04. The van der Waals surface area contributed by atoms with E-state index in [1.54, 1.807) is 12.1 Å². The molecule has 0 bridgehead atoms. The van der Waals surface area contributed by atoms with E-state index in [0.29, 0.717) is 20.8 Å². The molecule has 0 aromatic heterocycles. The highest BCUT2D eigenvalue weighted by Gasteiger charge is 2.06. The maximum atomic E-state index is 5.74. The van der Waals surface area contributed by atoms with Crippen LogP contribution in [0.3, 0.4) is 0 Å². The minimum Gasteiger partial charge on any atom is -0.494 e. The van der Waals surface area contributed by atoms with Crippen LogP contribution in [0.25, 0.3) is 0 Å². The Morgan fingerprint density at radius 1 is 1.08 bits per heavy atom. The molecule has 0 aliphatic carbocycles. The summed E-state index contributed by atoms with van der Waals surface area (Å²) in [6.45, 7) is 6.00. The molecule has 1 aromatic carbocycles. The third-order valence-corrected chi connectivity index (χ3v) is 1.95. The SMILES string of the molecule is C=C.COc1c(Cl)cc(Cl)cc1Cl. The van der Waals surface area contributed by atoms with Gasteiger partial charge in [0.15, 0.2) is 5.75 Å². The van der Waals surface area contributed by atoms with Crippen molar-refractivity contribution in [2.24, 2.45) is 0 Å². The molecule has 0 radical (unpaired) electrons. The molecule has 0 saturated carbocycles. The third kappa shape index (κ3) is 3.47. The zero-order chi connectivity index (χ0) is 10.4. The number of hydrogen-bond acceptors (Lipinski definition) is 1. The summed E-state index contributed by atoms with van der Waals surface area (Å²) in [6, 6.07) is 3.15. The average Bonchev–Trinajstić information content (AvgIpc) is 2.07. The van der Waals surface area contributed by atoms with E-state index < -0.39 is 0 Å². The van der Waals surface area contributed by atoms with Crippen LogP contribution >= 0.6 is 34.8 Å². The number of hydrogen-bond donors (Lipinski definition) is 0. The molecule has 0 aliphatic rings. The Hall–Kier alpha value is -0.370. The molecule has 0 atom stereocenters. The molecule has 72 valence electrons. The molecule has 1 rings (SSSR count). The van der Waals surface area contributed by atoms with Crippen molar-refractivity contribution in [3.63, 3.8) is 0 Å². The fourth-order valence-electron chi connectivity index (χ4n) is 0.724. The minimum atomic E-state index is 0.421. The van der Waals surface area contributed by atoms with Gasteiger partial charge >= 0.3 is 0 Å². The van der Waals surface area contributed by atoms with E-state index in [1.807, 2.05) is 0 Å². The molecule has 0 heterocycles. The summed E-state index contributed by atoms with van der Waals surface area (Å²) in [5.74, 6) is 0.456. The van der Waals surface area contributed by atoms with Gasteiger partial charge in [-0.2, -0.15) is 0 Å². The molecule has 0 saturated heterocycles. The van der Waals surface area contributed by atoms with Crippen LogP contribution in [0.1, 0.15) is 0 Å². The van der Waals surface area contributed by atoms with Crippen molar-refractivity contribution >= 4 is 34.8 Å². The van der Waals surface area contributed by atoms with E-state index in [9.17, 15) is 0 Å². The monoisotopic (exact) mass is 238 g/mol. The number of halogens is 3. The first-order chi connectivity index (χ1) is 6.15. The third-order valence-electron chi connectivity index (χ3n) is 1.17. The summed E-state index contributed by atoms with van der Waals surface area (Å²) in [6.07, 6.45) is 0. The lowest BCUT2D eigenvalue weighted by Crippen LogP contribution is -1.84. The molecular formula is C9H9Cl3O. The van der Waals surface area contributed by atoms with Gasteiger partial charge in [0.05, 0.1) is 17.2 Å². The summed E-state index contributed by atoms with van der Waals surface area (Å²) >= 11 is 17.1. The number of ether oxygens (including phenoxy) is 1. The van der Waals surface area contributed by atoms with Crippen LogP contribution in [-0.2, 0) is 0 Å². The molecule has 0 unspecified atom stereocenters. The standard InChI is InChI=1S/C7H5Cl3O.C2H4/c1-11-7-5(9)2-4(8)3-6(7)10;1-2/h2-3H,1H3;1-2H2. The largest absolute Gasteiger partial charge is 0.494 e. The van der Waals surface area contributed by atoms with Crippen LogP contribution in [0.15, 0.2) is 25.3 Å². The van der Waals surface area contributed by atoms with E-state index in [1.165, 1.54) is 7.11 Å². The quantitative estimate of drug-likeness (QED) is 0.658. The first-order valence-electron chi connectivity index (χ1n) is 3.33. The maximum Gasteiger partial charge on any atom is 0.156 e. The van der Waals surface area contributed by atoms with Crippen LogP contribution in [-0.4, -0.2) is 7.11 Å². The van der Waals surface area contributed by atoms with Crippen molar-refractivity contribution in [3.05, 3.63) is 40.4 Å². The smallest absolute Gasteiger partial charge is 0.156 e. The van der Waals surface area contributed by atoms with Crippen LogP contribution in [0.2, 0.25) is 15.1 Å². The zero-order valence-electron chi connectivity index (χ0n) is 7.11. The second kappa shape index (κ2) is 6.14. The van der Waals surface area contributed by atoms with Gasteiger partial charge in [0.25, 0.3) is 0 Å². The molecule has 1 nitrogen and oxygen atoms in total. The second-order valence-corrected chi connectivity index (χ2v) is 3.15. The van der Waals surface area contributed by atoms with Gasteiger partial charge < -0.3 is 4.74 Å². The summed E-state index contributed by atoms with van der Waals surface area (Å²) in [4.78, 5) is 0. The summed E-state index contributed by atoms with van der Waals surface area (Å²) in [5.41, 5.74) is 0. The predicted octanol–water partition coefficient (Wildman–Crippen LogP) is 4.46.